The van der Waals surface area contributed by atoms with Crippen molar-refractivity contribution in [2.24, 2.45) is 5.92 Å². The van der Waals surface area contributed by atoms with Crippen LogP contribution >= 0.6 is 0 Å². The Kier molecular flexibility index (Phi) is 6.17. The van der Waals surface area contributed by atoms with Gasteiger partial charge in [0.1, 0.15) is 6.33 Å². The topological polar surface area (TPSA) is 127 Å². The van der Waals surface area contributed by atoms with Gasteiger partial charge < -0.3 is 29.4 Å². The molecular formula is C19H27N3O6. The lowest BCUT2D eigenvalue weighted by atomic mass is 9.96. The van der Waals surface area contributed by atoms with E-state index in [1.807, 2.05) is 13.1 Å². The van der Waals surface area contributed by atoms with Gasteiger partial charge in [0.05, 0.1) is 41.6 Å². The lowest BCUT2D eigenvalue weighted by Gasteiger charge is -2.20. The number of hydrogen-bond donors (Lipinski definition) is 3. The SMILES string of the molecule is Cc1ncnc2c([C@@H]3C[C@H](COC(C)OC(=O)OC(C)C)[C@@H](O)[C@H]3O)c[nH]c12. The molecule has 1 aliphatic rings. The molecule has 9 nitrogen and oxygen atoms in total. The maximum atomic E-state index is 11.5. The summed E-state index contributed by atoms with van der Waals surface area (Å²) >= 11 is 0. The van der Waals surface area contributed by atoms with Crippen molar-refractivity contribution < 1.29 is 29.2 Å². The average molecular weight is 393 g/mol. The summed E-state index contributed by atoms with van der Waals surface area (Å²) in [5, 5.41) is 21.0. The second kappa shape index (κ2) is 8.42. The predicted molar refractivity (Wildman–Crippen MR) is 99.6 cm³/mol. The molecular weight excluding hydrogens is 366 g/mol. The number of aromatic amines is 1. The second-order valence-electron chi connectivity index (χ2n) is 7.45. The first-order chi connectivity index (χ1) is 13.3. The molecule has 1 saturated carbocycles. The summed E-state index contributed by atoms with van der Waals surface area (Å²) in [5.74, 6) is -0.589. The zero-order valence-corrected chi connectivity index (χ0v) is 16.5. The molecule has 1 aliphatic carbocycles. The highest BCUT2D eigenvalue weighted by Crippen LogP contribution is 2.41. The van der Waals surface area contributed by atoms with Crippen LogP contribution in [-0.4, -0.2) is 62.5 Å². The quantitative estimate of drug-likeness (QED) is 0.502. The van der Waals surface area contributed by atoms with Gasteiger partial charge in [0, 0.05) is 23.6 Å². The average Bonchev–Trinajstić information content (AvgIpc) is 3.16. The number of H-pyrrole nitrogens is 1. The highest BCUT2D eigenvalue weighted by molar-refractivity contribution is 5.81. The second-order valence-corrected chi connectivity index (χ2v) is 7.45. The number of aryl methyl sites for hydroxylation is 1. The number of nitrogens with zero attached hydrogens (tertiary/aromatic N) is 2. The van der Waals surface area contributed by atoms with Crippen molar-refractivity contribution in [1.82, 2.24) is 15.0 Å². The number of hydrogen-bond acceptors (Lipinski definition) is 8. The van der Waals surface area contributed by atoms with E-state index < -0.39 is 24.7 Å². The third-order valence-electron chi connectivity index (χ3n) is 5.02. The molecule has 28 heavy (non-hydrogen) atoms. The van der Waals surface area contributed by atoms with Crippen LogP contribution < -0.4 is 0 Å². The first-order valence-electron chi connectivity index (χ1n) is 9.41. The fourth-order valence-electron chi connectivity index (χ4n) is 3.61. The molecule has 1 unspecified atom stereocenters. The van der Waals surface area contributed by atoms with E-state index in [2.05, 4.69) is 15.0 Å². The van der Waals surface area contributed by atoms with Crippen molar-refractivity contribution in [2.45, 2.75) is 64.6 Å². The van der Waals surface area contributed by atoms with E-state index in [0.29, 0.717) is 6.42 Å². The Bertz CT molecular complexity index is 823. The molecule has 2 aromatic heterocycles. The lowest BCUT2D eigenvalue weighted by molar-refractivity contribution is -0.130. The molecule has 5 atom stereocenters. The van der Waals surface area contributed by atoms with Gasteiger partial charge in [-0.3, -0.25) is 0 Å². The molecule has 0 saturated heterocycles. The maximum absolute atomic E-state index is 11.5. The van der Waals surface area contributed by atoms with Gasteiger partial charge in [0.15, 0.2) is 0 Å². The first-order valence-corrected chi connectivity index (χ1v) is 9.41. The fraction of sp³-hybridized carbons (Fsp3) is 0.632. The van der Waals surface area contributed by atoms with E-state index in [9.17, 15) is 15.0 Å². The van der Waals surface area contributed by atoms with Gasteiger partial charge in [-0.2, -0.15) is 0 Å². The van der Waals surface area contributed by atoms with Crippen LogP contribution in [0.1, 0.15) is 44.4 Å². The number of aliphatic hydroxyl groups excluding tert-OH is 2. The number of nitrogens with one attached hydrogen (secondary N) is 1. The van der Waals surface area contributed by atoms with E-state index >= 15 is 0 Å². The van der Waals surface area contributed by atoms with Gasteiger partial charge in [0.25, 0.3) is 0 Å². The summed E-state index contributed by atoms with van der Waals surface area (Å²) in [4.78, 5) is 23.1. The molecule has 3 rings (SSSR count). The van der Waals surface area contributed by atoms with Gasteiger partial charge in [0.2, 0.25) is 6.29 Å². The van der Waals surface area contributed by atoms with Gasteiger partial charge in [-0.15, -0.1) is 0 Å². The number of carbonyl (C=O) groups is 1. The monoisotopic (exact) mass is 393 g/mol. The predicted octanol–water partition coefficient (Wildman–Crippen LogP) is 2.02. The van der Waals surface area contributed by atoms with E-state index in [-0.39, 0.29) is 24.5 Å². The van der Waals surface area contributed by atoms with Crippen LogP contribution in [-0.2, 0) is 14.2 Å². The van der Waals surface area contributed by atoms with E-state index in [4.69, 9.17) is 14.2 Å². The van der Waals surface area contributed by atoms with Crippen molar-refractivity contribution in [3.05, 3.63) is 23.8 Å². The summed E-state index contributed by atoms with van der Waals surface area (Å²) < 4.78 is 15.4. The number of fused-ring (bicyclic) bond motifs is 1. The third-order valence-corrected chi connectivity index (χ3v) is 5.02. The Morgan fingerprint density at radius 1 is 1.25 bits per heavy atom. The van der Waals surface area contributed by atoms with E-state index in [1.165, 1.54) is 6.33 Å². The minimum atomic E-state index is -0.951. The molecule has 1 fully saturated rings. The maximum Gasteiger partial charge on any atom is 0.510 e. The van der Waals surface area contributed by atoms with Crippen LogP contribution in [0, 0.1) is 12.8 Å². The minimum Gasteiger partial charge on any atom is -0.432 e. The van der Waals surface area contributed by atoms with E-state index in [0.717, 1.165) is 22.3 Å². The molecule has 0 amide bonds. The summed E-state index contributed by atoms with van der Waals surface area (Å²) in [7, 11) is 0. The van der Waals surface area contributed by atoms with Crippen LogP contribution in [0.3, 0.4) is 0 Å². The zero-order chi connectivity index (χ0) is 20.4. The van der Waals surface area contributed by atoms with Crippen LogP contribution in [0.25, 0.3) is 11.0 Å². The fourth-order valence-corrected chi connectivity index (χ4v) is 3.61. The van der Waals surface area contributed by atoms with Gasteiger partial charge in [-0.25, -0.2) is 14.8 Å². The Morgan fingerprint density at radius 2 is 2.00 bits per heavy atom. The molecule has 3 N–H and O–H groups in total. The highest BCUT2D eigenvalue weighted by atomic mass is 16.8. The summed E-state index contributed by atoms with van der Waals surface area (Å²) in [6.45, 7) is 7.05. The number of rotatable bonds is 6. The number of carbonyl (C=O) groups excluding carboxylic acids is 1. The van der Waals surface area contributed by atoms with Crippen LogP contribution in [0.5, 0.6) is 0 Å². The summed E-state index contributed by atoms with van der Waals surface area (Å²) in [5.41, 5.74) is 3.24. The Labute approximate surface area is 163 Å². The molecule has 0 radical (unpaired) electrons. The Balaban J connectivity index is 1.62. The summed E-state index contributed by atoms with van der Waals surface area (Å²) in [6, 6.07) is 0. The van der Waals surface area contributed by atoms with Crippen molar-refractivity contribution in [3.63, 3.8) is 0 Å². The molecule has 2 heterocycles. The Morgan fingerprint density at radius 3 is 2.71 bits per heavy atom. The normalized spacial score (nSPS) is 26.0. The number of aliphatic hydroxyl groups is 2. The lowest BCUT2D eigenvalue weighted by Crippen LogP contribution is -2.31. The molecule has 9 heteroatoms. The van der Waals surface area contributed by atoms with E-state index in [1.54, 1.807) is 20.8 Å². The molecule has 0 aromatic carbocycles. The number of ether oxygens (including phenoxy) is 3. The molecule has 0 bridgehead atoms. The standard InChI is InChI=1S/C19H27N3O6/c1-9(2)27-19(25)28-11(4)26-7-12-5-13(18(24)17(12)23)14-6-20-15-10(3)21-8-22-16(14)15/h6,8-9,11-13,17-18,20,23-24H,5,7H2,1-4H3/t11?,12-,13+,17-,18+/m1/s1. The molecule has 0 aliphatic heterocycles. The third kappa shape index (κ3) is 4.26. The van der Waals surface area contributed by atoms with Crippen molar-refractivity contribution in [1.29, 1.82) is 0 Å². The van der Waals surface area contributed by atoms with Gasteiger partial charge in [-0.05, 0) is 34.1 Å². The highest BCUT2D eigenvalue weighted by Gasteiger charge is 2.43. The molecule has 2 aromatic rings. The van der Waals surface area contributed by atoms with Crippen molar-refractivity contribution in [3.8, 4) is 0 Å². The first kappa shape index (κ1) is 20.5. The smallest absolute Gasteiger partial charge is 0.432 e. The molecule has 154 valence electrons. The van der Waals surface area contributed by atoms with Crippen LogP contribution in [0.2, 0.25) is 0 Å². The van der Waals surface area contributed by atoms with Crippen molar-refractivity contribution in [2.75, 3.05) is 6.61 Å². The minimum absolute atomic E-state index is 0.140. The Hall–Kier alpha value is -2.23. The van der Waals surface area contributed by atoms with Crippen LogP contribution in [0.4, 0.5) is 4.79 Å². The number of aromatic nitrogens is 3. The van der Waals surface area contributed by atoms with Gasteiger partial charge in [-0.1, -0.05) is 0 Å². The van der Waals surface area contributed by atoms with Gasteiger partial charge >= 0.3 is 6.16 Å². The zero-order valence-electron chi connectivity index (χ0n) is 16.5. The molecule has 0 spiro atoms. The van der Waals surface area contributed by atoms with Crippen molar-refractivity contribution >= 4 is 17.2 Å². The largest absolute Gasteiger partial charge is 0.510 e. The van der Waals surface area contributed by atoms with Crippen LogP contribution in [0.15, 0.2) is 12.5 Å². The summed E-state index contributed by atoms with van der Waals surface area (Å²) in [6.07, 6.45) is 0.0152.